The molecular formula is C25H30N4O11S. The number of benzene rings is 2. The molecule has 0 N–H and O–H groups in total. The number of ether oxygens (including phenoxy) is 2. The van der Waals surface area contributed by atoms with Crippen molar-refractivity contribution in [3.63, 3.8) is 0 Å². The third-order valence-electron chi connectivity index (χ3n) is 6.28. The van der Waals surface area contributed by atoms with Crippen LogP contribution in [0.3, 0.4) is 0 Å². The summed E-state index contributed by atoms with van der Waals surface area (Å²) in [5, 5.41) is 21.6. The standard InChI is InChI=1S/C25H30N4O11S/c1-26(24(30)38-16-18-5-9-20(10-6-18)28(32)33)13-3-4-22-14-23(40-41(2,36)37)15-27(22)25(31)39-17-19-7-11-21(12-8-19)29(34)35/h5-12,22-23H,3-4,13-17H2,1-2H3/t22-,23-/m1/s1. The van der Waals surface area contributed by atoms with E-state index in [1.54, 1.807) is 7.05 Å². The highest BCUT2D eigenvalue weighted by Crippen LogP contribution is 2.26. The number of likely N-dealkylation sites (tertiary alicyclic amines) is 1. The van der Waals surface area contributed by atoms with Crippen molar-refractivity contribution >= 4 is 33.7 Å². The molecule has 0 saturated carbocycles. The molecular weight excluding hydrogens is 564 g/mol. The zero-order valence-corrected chi connectivity index (χ0v) is 23.2. The van der Waals surface area contributed by atoms with E-state index in [4.69, 9.17) is 13.7 Å². The quantitative estimate of drug-likeness (QED) is 0.198. The number of nitro groups is 2. The molecule has 0 unspecified atom stereocenters. The first-order chi connectivity index (χ1) is 19.3. The van der Waals surface area contributed by atoms with Gasteiger partial charge >= 0.3 is 12.2 Å². The molecule has 3 rings (SSSR count). The van der Waals surface area contributed by atoms with E-state index in [1.165, 1.54) is 58.3 Å². The number of amides is 2. The molecule has 2 amide bonds. The van der Waals surface area contributed by atoms with Crippen LogP contribution in [0.25, 0.3) is 0 Å². The second kappa shape index (κ2) is 13.8. The lowest BCUT2D eigenvalue weighted by Gasteiger charge is -2.24. The molecule has 15 nitrogen and oxygen atoms in total. The Bertz CT molecular complexity index is 1350. The van der Waals surface area contributed by atoms with E-state index in [-0.39, 0.29) is 44.1 Å². The number of non-ortho nitro benzene ring substituents is 2. The average molecular weight is 595 g/mol. The van der Waals surface area contributed by atoms with Crippen molar-refractivity contribution in [3.8, 4) is 0 Å². The average Bonchev–Trinajstić information content (AvgIpc) is 3.31. The Labute approximate surface area is 236 Å². The van der Waals surface area contributed by atoms with Crippen LogP contribution in [0.15, 0.2) is 48.5 Å². The smallest absolute Gasteiger partial charge is 0.410 e. The minimum atomic E-state index is -3.76. The molecule has 1 heterocycles. The van der Waals surface area contributed by atoms with Gasteiger partial charge in [0.2, 0.25) is 0 Å². The highest BCUT2D eigenvalue weighted by atomic mass is 32.2. The molecule has 2 atom stereocenters. The summed E-state index contributed by atoms with van der Waals surface area (Å²) in [6, 6.07) is 10.7. The van der Waals surface area contributed by atoms with Crippen molar-refractivity contribution in [1.82, 2.24) is 9.80 Å². The summed E-state index contributed by atoms with van der Waals surface area (Å²) in [5.41, 5.74) is 0.957. The molecule has 2 aromatic carbocycles. The third kappa shape index (κ3) is 9.68. The molecule has 0 aliphatic carbocycles. The van der Waals surface area contributed by atoms with Gasteiger partial charge in [0.05, 0.1) is 28.8 Å². The molecule has 0 bridgehead atoms. The molecule has 1 fully saturated rings. The van der Waals surface area contributed by atoms with E-state index >= 15 is 0 Å². The lowest BCUT2D eigenvalue weighted by Crippen LogP contribution is -2.37. The fourth-order valence-electron chi connectivity index (χ4n) is 4.25. The van der Waals surface area contributed by atoms with Gasteiger partial charge in [-0.1, -0.05) is 0 Å². The molecule has 41 heavy (non-hydrogen) atoms. The Kier molecular flexibility index (Phi) is 10.5. The van der Waals surface area contributed by atoms with Crippen LogP contribution in [0, 0.1) is 20.2 Å². The van der Waals surface area contributed by atoms with Gasteiger partial charge in [-0.15, -0.1) is 0 Å². The Morgan fingerprint density at radius 2 is 1.46 bits per heavy atom. The van der Waals surface area contributed by atoms with E-state index in [1.807, 2.05) is 0 Å². The number of nitro benzene ring substituents is 2. The fourth-order valence-corrected chi connectivity index (χ4v) is 4.89. The van der Waals surface area contributed by atoms with E-state index in [0.717, 1.165) is 6.26 Å². The molecule has 0 aromatic heterocycles. The maximum absolute atomic E-state index is 12.9. The lowest BCUT2D eigenvalue weighted by molar-refractivity contribution is -0.385. The monoisotopic (exact) mass is 594 g/mol. The van der Waals surface area contributed by atoms with Gasteiger partial charge in [0.1, 0.15) is 13.2 Å². The number of rotatable bonds is 12. The van der Waals surface area contributed by atoms with Crippen LogP contribution in [-0.2, 0) is 37.0 Å². The summed E-state index contributed by atoms with van der Waals surface area (Å²) in [4.78, 5) is 48.5. The second-order valence-corrected chi connectivity index (χ2v) is 11.1. The predicted molar refractivity (Wildman–Crippen MR) is 143 cm³/mol. The van der Waals surface area contributed by atoms with Crippen LogP contribution >= 0.6 is 0 Å². The predicted octanol–water partition coefficient (Wildman–Crippen LogP) is 3.61. The highest BCUT2D eigenvalue weighted by Gasteiger charge is 2.38. The molecule has 1 aliphatic rings. The first-order valence-electron chi connectivity index (χ1n) is 12.5. The minimum Gasteiger partial charge on any atom is -0.445 e. The minimum absolute atomic E-state index is 0.00997. The number of nitrogens with zero attached hydrogens (tertiary/aromatic N) is 4. The maximum Gasteiger partial charge on any atom is 0.410 e. The number of carbonyl (C=O) groups excluding carboxylic acids is 2. The second-order valence-electron chi connectivity index (χ2n) is 9.48. The number of carbonyl (C=O) groups is 2. The van der Waals surface area contributed by atoms with E-state index in [9.17, 15) is 38.2 Å². The van der Waals surface area contributed by atoms with Crippen LogP contribution in [0.4, 0.5) is 21.0 Å². The van der Waals surface area contributed by atoms with E-state index in [2.05, 4.69) is 0 Å². The van der Waals surface area contributed by atoms with Crippen LogP contribution in [0.1, 0.15) is 30.4 Å². The van der Waals surface area contributed by atoms with Crippen molar-refractivity contribution in [2.75, 3.05) is 26.4 Å². The van der Waals surface area contributed by atoms with Crippen LogP contribution in [0.5, 0.6) is 0 Å². The lowest BCUT2D eigenvalue weighted by atomic mass is 10.1. The molecule has 1 aliphatic heterocycles. The largest absolute Gasteiger partial charge is 0.445 e. The summed E-state index contributed by atoms with van der Waals surface area (Å²) in [6.07, 6.45) is -0.0209. The number of hydrogen-bond acceptors (Lipinski definition) is 11. The summed E-state index contributed by atoms with van der Waals surface area (Å²) in [5.74, 6) is 0. The molecule has 2 aromatic rings. The van der Waals surface area contributed by atoms with Gasteiger partial charge in [0, 0.05) is 43.9 Å². The summed E-state index contributed by atoms with van der Waals surface area (Å²) in [6.45, 7) is 0.0620. The topological polar surface area (TPSA) is 189 Å². The Balaban J connectivity index is 1.51. The molecule has 1 saturated heterocycles. The van der Waals surface area contributed by atoms with Crippen molar-refractivity contribution in [3.05, 3.63) is 79.9 Å². The number of hydrogen-bond donors (Lipinski definition) is 0. The normalized spacial score (nSPS) is 16.7. The van der Waals surface area contributed by atoms with Gasteiger partial charge in [-0.25, -0.2) is 9.59 Å². The Hall–Kier alpha value is -4.31. The van der Waals surface area contributed by atoms with Gasteiger partial charge in [0.25, 0.3) is 21.5 Å². The molecule has 0 radical (unpaired) electrons. The van der Waals surface area contributed by atoms with Gasteiger partial charge < -0.3 is 19.3 Å². The van der Waals surface area contributed by atoms with Crippen LogP contribution in [0.2, 0.25) is 0 Å². The van der Waals surface area contributed by atoms with Gasteiger partial charge in [-0.05, 0) is 54.7 Å². The molecule has 16 heteroatoms. The third-order valence-corrected chi connectivity index (χ3v) is 6.90. The van der Waals surface area contributed by atoms with Crippen LogP contribution < -0.4 is 0 Å². The highest BCUT2D eigenvalue weighted by molar-refractivity contribution is 7.86. The summed E-state index contributed by atoms with van der Waals surface area (Å²) >= 11 is 0. The summed E-state index contributed by atoms with van der Waals surface area (Å²) in [7, 11) is -2.22. The Morgan fingerprint density at radius 3 is 1.95 bits per heavy atom. The van der Waals surface area contributed by atoms with Gasteiger partial charge in [-0.2, -0.15) is 8.42 Å². The zero-order chi connectivity index (χ0) is 30.2. The van der Waals surface area contributed by atoms with Gasteiger partial charge in [0.15, 0.2) is 0 Å². The SMILES string of the molecule is CN(CCC[C@@H]1C[C@@H](OS(C)(=O)=O)CN1C(=O)OCc1ccc([N+](=O)[O-])cc1)C(=O)OCc1ccc([N+](=O)[O-])cc1. The van der Waals surface area contributed by atoms with E-state index < -0.39 is 44.3 Å². The van der Waals surface area contributed by atoms with Crippen molar-refractivity contribution in [2.45, 2.75) is 44.6 Å². The van der Waals surface area contributed by atoms with Crippen molar-refractivity contribution in [1.29, 1.82) is 0 Å². The van der Waals surface area contributed by atoms with Crippen molar-refractivity contribution in [2.24, 2.45) is 0 Å². The Morgan fingerprint density at radius 1 is 0.951 bits per heavy atom. The zero-order valence-electron chi connectivity index (χ0n) is 22.4. The van der Waals surface area contributed by atoms with Gasteiger partial charge in [-0.3, -0.25) is 24.4 Å². The molecule has 0 spiro atoms. The molecule has 222 valence electrons. The maximum atomic E-state index is 12.9. The first kappa shape index (κ1) is 31.2. The van der Waals surface area contributed by atoms with E-state index in [0.29, 0.717) is 24.0 Å². The first-order valence-corrected chi connectivity index (χ1v) is 14.3. The summed E-state index contributed by atoms with van der Waals surface area (Å²) < 4.78 is 39.0. The fraction of sp³-hybridized carbons (Fsp3) is 0.440. The van der Waals surface area contributed by atoms with Crippen LogP contribution in [-0.4, -0.2) is 78.8 Å². The van der Waals surface area contributed by atoms with Crippen molar-refractivity contribution < 1.29 is 41.5 Å².